The van der Waals surface area contributed by atoms with Gasteiger partial charge in [0.05, 0.1) is 17.8 Å². The molecule has 1 N–H and O–H groups in total. The Bertz CT molecular complexity index is 1470. The smallest absolute Gasteiger partial charge is 0.255 e. The summed E-state index contributed by atoms with van der Waals surface area (Å²) >= 11 is 5.97. The first-order chi connectivity index (χ1) is 17.0. The molecule has 4 nitrogen and oxygen atoms in total. The van der Waals surface area contributed by atoms with E-state index in [1.165, 1.54) is 0 Å². The average Bonchev–Trinajstić information content (AvgIpc) is 2.90. The maximum Gasteiger partial charge on any atom is 0.255 e. The van der Waals surface area contributed by atoms with Crippen LogP contribution < -0.4 is 10.2 Å². The van der Waals surface area contributed by atoms with Gasteiger partial charge in [0, 0.05) is 34.4 Å². The minimum atomic E-state index is -0.152. The maximum absolute atomic E-state index is 12.8. The Morgan fingerprint density at radius 1 is 0.829 bits per heavy atom. The van der Waals surface area contributed by atoms with Gasteiger partial charge in [-0.2, -0.15) is 0 Å². The standard InChI is InChI=1S/C30H24ClN3O/c1-34(28-5-3-2-4-6-28)20-27-16-13-24-19-26(17-18-29(24)32-27)33-30(35)23-9-7-21(8-10-23)22-11-14-25(31)15-12-22/h2-19H,20H2,1H3,(H,33,35). The molecule has 0 saturated heterocycles. The number of nitrogens with zero attached hydrogens (tertiary/aromatic N) is 2. The van der Waals surface area contributed by atoms with Gasteiger partial charge < -0.3 is 10.2 Å². The summed E-state index contributed by atoms with van der Waals surface area (Å²) in [5.74, 6) is -0.152. The summed E-state index contributed by atoms with van der Waals surface area (Å²) in [4.78, 5) is 19.8. The number of pyridine rings is 1. The topological polar surface area (TPSA) is 45.2 Å². The molecule has 0 bridgehead atoms. The van der Waals surface area contributed by atoms with Crippen LogP contribution in [0.3, 0.4) is 0 Å². The number of rotatable bonds is 6. The number of hydrogen-bond donors (Lipinski definition) is 1. The molecule has 0 aliphatic carbocycles. The van der Waals surface area contributed by atoms with Gasteiger partial charge in [0.1, 0.15) is 0 Å². The molecule has 0 aliphatic heterocycles. The van der Waals surface area contributed by atoms with Gasteiger partial charge in [-0.1, -0.05) is 60.1 Å². The first-order valence-corrected chi connectivity index (χ1v) is 11.8. The van der Waals surface area contributed by atoms with E-state index in [2.05, 4.69) is 29.4 Å². The number of anilines is 2. The van der Waals surface area contributed by atoms with Crippen molar-refractivity contribution in [3.05, 3.63) is 125 Å². The molecule has 5 aromatic rings. The summed E-state index contributed by atoms with van der Waals surface area (Å²) < 4.78 is 0. The third kappa shape index (κ3) is 5.34. The zero-order valence-corrected chi connectivity index (χ0v) is 20.0. The number of hydrogen-bond acceptors (Lipinski definition) is 3. The molecule has 35 heavy (non-hydrogen) atoms. The van der Waals surface area contributed by atoms with Crippen molar-refractivity contribution >= 4 is 39.8 Å². The second-order valence-electron chi connectivity index (χ2n) is 8.44. The molecule has 5 rings (SSSR count). The molecule has 0 fully saturated rings. The fourth-order valence-corrected chi connectivity index (χ4v) is 4.14. The van der Waals surface area contributed by atoms with Crippen LogP contribution >= 0.6 is 11.6 Å². The van der Waals surface area contributed by atoms with Gasteiger partial charge in [-0.3, -0.25) is 9.78 Å². The molecule has 0 spiro atoms. The lowest BCUT2D eigenvalue weighted by atomic mass is 10.0. The van der Waals surface area contributed by atoms with Crippen LogP contribution in [0, 0.1) is 0 Å². The molecule has 0 aliphatic rings. The van der Waals surface area contributed by atoms with Gasteiger partial charge in [0.2, 0.25) is 0 Å². The third-order valence-electron chi connectivity index (χ3n) is 5.93. The number of benzene rings is 4. The normalized spacial score (nSPS) is 10.8. The number of carbonyl (C=O) groups is 1. The molecule has 4 aromatic carbocycles. The zero-order chi connectivity index (χ0) is 24.2. The number of nitrogens with one attached hydrogen (secondary N) is 1. The molecule has 0 atom stereocenters. The van der Waals surface area contributed by atoms with Gasteiger partial charge in [-0.25, -0.2) is 0 Å². The molecule has 172 valence electrons. The maximum atomic E-state index is 12.8. The summed E-state index contributed by atoms with van der Waals surface area (Å²) in [6.07, 6.45) is 0. The van der Waals surface area contributed by atoms with Gasteiger partial charge in [-0.15, -0.1) is 0 Å². The lowest BCUT2D eigenvalue weighted by Gasteiger charge is -2.19. The van der Waals surface area contributed by atoms with Crippen molar-refractivity contribution in [1.29, 1.82) is 0 Å². The quantitative estimate of drug-likeness (QED) is 0.276. The summed E-state index contributed by atoms with van der Waals surface area (Å²) in [6.45, 7) is 0.713. The summed E-state index contributed by atoms with van der Waals surface area (Å²) in [5, 5.41) is 4.67. The monoisotopic (exact) mass is 477 g/mol. The fourth-order valence-electron chi connectivity index (χ4n) is 4.01. The van der Waals surface area contributed by atoms with Crippen LogP contribution in [0.25, 0.3) is 22.0 Å². The van der Waals surface area contributed by atoms with Crippen LogP contribution in [0.5, 0.6) is 0 Å². The number of aromatic nitrogens is 1. The molecule has 0 saturated carbocycles. The van der Waals surface area contributed by atoms with E-state index >= 15 is 0 Å². The summed E-state index contributed by atoms with van der Waals surface area (Å²) in [5.41, 5.74) is 6.45. The SMILES string of the molecule is CN(Cc1ccc2cc(NC(=O)c3ccc(-c4ccc(Cl)cc4)cc3)ccc2n1)c1ccccc1. The van der Waals surface area contributed by atoms with Crippen LogP contribution in [-0.4, -0.2) is 17.9 Å². The van der Waals surface area contributed by atoms with Crippen LogP contribution in [-0.2, 0) is 6.54 Å². The number of amides is 1. The van der Waals surface area contributed by atoms with E-state index < -0.39 is 0 Å². The molecular weight excluding hydrogens is 454 g/mol. The van der Waals surface area contributed by atoms with E-state index in [1.54, 1.807) is 0 Å². The van der Waals surface area contributed by atoms with E-state index in [1.807, 2.05) is 97.1 Å². The molecule has 1 heterocycles. The predicted molar refractivity (Wildman–Crippen MR) is 145 cm³/mol. The van der Waals surface area contributed by atoms with Crippen LogP contribution in [0.4, 0.5) is 11.4 Å². The first-order valence-electron chi connectivity index (χ1n) is 11.4. The van der Waals surface area contributed by atoms with Crippen molar-refractivity contribution < 1.29 is 4.79 Å². The van der Waals surface area contributed by atoms with Gasteiger partial charge >= 0.3 is 0 Å². The highest BCUT2D eigenvalue weighted by Gasteiger charge is 2.09. The van der Waals surface area contributed by atoms with Crippen molar-refractivity contribution in [3.63, 3.8) is 0 Å². The summed E-state index contributed by atoms with van der Waals surface area (Å²) in [6, 6.07) is 35.3. The van der Waals surface area contributed by atoms with Gasteiger partial charge in [-0.05, 0) is 71.8 Å². The lowest BCUT2D eigenvalue weighted by Crippen LogP contribution is -2.17. The zero-order valence-electron chi connectivity index (χ0n) is 19.3. The van der Waals surface area contributed by atoms with E-state index in [0.717, 1.165) is 39.1 Å². The minimum absolute atomic E-state index is 0.152. The fraction of sp³-hybridized carbons (Fsp3) is 0.0667. The Morgan fingerprint density at radius 2 is 1.51 bits per heavy atom. The average molecular weight is 478 g/mol. The highest BCUT2D eigenvalue weighted by molar-refractivity contribution is 6.30. The van der Waals surface area contributed by atoms with Crippen LogP contribution in [0.15, 0.2) is 109 Å². The molecule has 0 unspecified atom stereocenters. The Morgan fingerprint density at radius 3 is 2.23 bits per heavy atom. The number of carbonyl (C=O) groups excluding carboxylic acids is 1. The number of halogens is 1. The molecule has 5 heteroatoms. The van der Waals surface area contributed by atoms with E-state index in [0.29, 0.717) is 17.1 Å². The highest BCUT2D eigenvalue weighted by Crippen LogP contribution is 2.23. The highest BCUT2D eigenvalue weighted by atomic mass is 35.5. The lowest BCUT2D eigenvalue weighted by molar-refractivity contribution is 0.102. The Labute approximate surface area is 209 Å². The second-order valence-corrected chi connectivity index (χ2v) is 8.88. The Balaban J connectivity index is 1.27. The van der Waals surface area contributed by atoms with Crippen LogP contribution in [0.2, 0.25) is 5.02 Å². The third-order valence-corrected chi connectivity index (χ3v) is 6.18. The first kappa shape index (κ1) is 22.6. The van der Waals surface area contributed by atoms with Crippen molar-refractivity contribution in [2.24, 2.45) is 0 Å². The summed E-state index contributed by atoms with van der Waals surface area (Å²) in [7, 11) is 2.06. The van der Waals surface area contributed by atoms with Crippen molar-refractivity contribution in [1.82, 2.24) is 4.98 Å². The molecule has 1 aromatic heterocycles. The molecule has 1 amide bonds. The van der Waals surface area contributed by atoms with Crippen LogP contribution in [0.1, 0.15) is 16.1 Å². The van der Waals surface area contributed by atoms with E-state index in [4.69, 9.17) is 16.6 Å². The number of para-hydroxylation sites is 1. The van der Waals surface area contributed by atoms with Crippen molar-refractivity contribution in [3.8, 4) is 11.1 Å². The Hall–Kier alpha value is -4.15. The van der Waals surface area contributed by atoms with E-state index in [-0.39, 0.29) is 5.91 Å². The Kier molecular flexibility index (Phi) is 6.47. The molecule has 0 radical (unpaired) electrons. The molecular formula is C30H24ClN3O. The van der Waals surface area contributed by atoms with Crippen molar-refractivity contribution in [2.75, 3.05) is 17.3 Å². The largest absolute Gasteiger partial charge is 0.369 e. The number of fused-ring (bicyclic) bond motifs is 1. The van der Waals surface area contributed by atoms with Gasteiger partial charge in [0.15, 0.2) is 0 Å². The predicted octanol–water partition coefficient (Wildman–Crippen LogP) is 7.44. The van der Waals surface area contributed by atoms with Crippen molar-refractivity contribution in [2.45, 2.75) is 6.54 Å². The second kappa shape index (κ2) is 10.00. The minimum Gasteiger partial charge on any atom is -0.369 e. The van der Waals surface area contributed by atoms with E-state index in [9.17, 15) is 4.79 Å². The van der Waals surface area contributed by atoms with Gasteiger partial charge in [0.25, 0.3) is 5.91 Å².